The topological polar surface area (TPSA) is 71.8 Å². The van der Waals surface area contributed by atoms with Crippen molar-refractivity contribution in [1.82, 2.24) is 14.8 Å². The van der Waals surface area contributed by atoms with E-state index in [0.717, 1.165) is 11.1 Å². The van der Waals surface area contributed by atoms with E-state index in [0.29, 0.717) is 35.6 Å². The first-order chi connectivity index (χ1) is 15.5. The summed E-state index contributed by atoms with van der Waals surface area (Å²) >= 11 is 6.25. The predicted molar refractivity (Wildman–Crippen MR) is 128 cm³/mol. The molecule has 0 aliphatic rings. The molecule has 0 bridgehead atoms. The number of rotatable bonds is 7. The van der Waals surface area contributed by atoms with Gasteiger partial charge in [-0.25, -0.2) is 0 Å². The van der Waals surface area contributed by atoms with Crippen molar-refractivity contribution in [3.8, 4) is 0 Å². The fourth-order valence-corrected chi connectivity index (χ4v) is 3.38. The van der Waals surface area contributed by atoms with Crippen molar-refractivity contribution in [2.45, 2.75) is 26.9 Å². The first-order valence-corrected chi connectivity index (χ1v) is 10.7. The third-order valence-electron chi connectivity index (χ3n) is 5.05. The van der Waals surface area contributed by atoms with Crippen LogP contribution < -0.4 is 10.6 Å². The molecular weight excluding hydrogens is 422 g/mol. The normalized spacial score (nSPS) is 10.7. The first kappa shape index (κ1) is 21.6. The van der Waals surface area contributed by atoms with Gasteiger partial charge < -0.3 is 10.6 Å². The van der Waals surface area contributed by atoms with Crippen LogP contribution in [0.5, 0.6) is 0 Å². The van der Waals surface area contributed by atoms with Gasteiger partial charge in [-0.2, -0.15) is 9.67 Å². The van der Waals surface area contributed by atoms with Gasteiger partial charge in [0.2, 0.25) is 11.9 Å². The van der Waals surface area contributed by atoms with Crippen LogP contribution >= 0.6 is 11.6 Å². The molecular formula is C25H24ClN5O. The van der Waals surface area contributed by atoms with Gasteiger partial charge in [0.25, 0.3) is 5.91 Å². The lowest BCUT2D eigenvalue weighted by Gasteiger charge is -2.08. The minimum Gasteiger partial charge on any atom is -0.350 e. The molecule has 0 aliphatic carbocycles. The maximum absolute atomic E-state index is 13.2. The van der Waals surface area contributed by atoms with E-state index in [2.05, 4.69) is 32.8 Å². The Labute approximate surface area is 192 Å². The van der Waals surface area contributed by atoms with Gasteiger partial charge in [0.1, 0.15) is 0 Å². The van der Waals surface area contributed by atoms with Crippen LogP contribution in [0.1, 0.15) is 32.6 Å². The van der Waals surface area contributed by atoms with Gasteiger partial charge in [-0.3, -0.25) is 4.79 Å². The summed E-state index contributed by atoms with van der Waals surface area (Å²) in [6.45, 7) is 5.14. The van der Waals surface area contributed by atoms with Crippen LogP contribution in [0.3, 0.4) is 0 Å². The lowest BCUT2D eigenvalue weighted by atomic mass is 10.1. The van der Waals surface area contributed by atoms with E-state index in [1.807, 2.05) is 50.2 Å². The molecule has 1 heterocycles. The van der Waals surface area contributed by atoms with Gasteiger partial charge in [-0.15, -0.1) is 5.10 Å². The van der Waals surface area contributed by atoms with Gasteiger partial charge >= 0.3 is 0 Å². The highest BCUT2D eigenvalue weighted by Crippen LogP contribution is 2.20. The molecule has 4 rings (SSSR count). The zero-order valence-corrected chi connectivity index (χ0v) is 18.7. The van der Waals surface area contributed by atoms with Gasteiger partial charge in [-0.05, 0) is 37.1 Å². The second-order valence-corrected chi connectivity index (χ2v) is 8.04. The standard InChI is InChI=1S/C25H24ClN5O/c1-17-7-11-19(12-8-17)15-27-24-29-25(28-16-20-13-9-18(2)10-14-20)31(30-24)23(32)21-5-3-4-6-22(21)26/h3-14H,15-16H2,1-2H3,(H2,27,28,29,30). The molecule has 32 heavy (non-hydrogen) atoms. The lowest BCUT2D eigenvalue weighted by molar-refractivity contribution is 0.0947. The number of hydrogen-bond acceptors (Lipinski definition) is 5. The Bertz CT molecular complexity index is 1220. The third kappa shape index (κ3) is 5.15. The number of hydrogen-bond donors (Lipinski definition) is 2. The second kappa shape index (κ2) is 9.66. The average Bonchev–Trinajstić information content (AvgIpc) is 3.21. The molecule has 6 nitrogen and oxygen atoms in total. The molecule has 2 N–H and O–H groups in total. The Kier molecular flexibility index (Phi) is 6.52. The molecule has 0 aliphatic heterocycles. The summed E-state index contributed by atoms with van der Waals surface area (Å²) in [7, 11) is 0. The number of aryl methyl sites for hydroxylation is 2. The SMILES string of the molecule is Cc1ccc(CNc2nc(NCc3ccc(C)cc3)n(C(=O)c3ccccc3Cl)n2)cc1. The minimum atomic E-state index is -0.349. The summed E-state index contributed by atoms with van der Waals surface area (Å²) in [6.07, 6.45) is 0. The predicted octanol–water partition coefficient (Wildman–Crippen LogP) is 5.46. The van der Waals surface area contributed by atoms with Crippen LogP contribution in [-0.4, -0.2) is 20.7 Å². The summed E-state index contributed by atoms with van der Waals surface area (Å²) in [4.78, 5) is 17.7. The van der Waals surface area contributed by atoms with Crippen molar-refractivity contribution in [3.63, 3.8) is 0 Å². The Morgan fingerprint density at radius 2 is 1.41 bits per heavy atom. The van der Waals surface area contributed by atoms with Gasteiger partial charge in [-0.1, -0.05) is 83.4 Å². The maximum Gasteiger partial charge on any atom is 0.282 e. The summed E-state index contributed by atoms with van der Waals surface area (Å²) < 4.78 is 1.26. The summed E-state index contributed by atoms with van der Waals surface area (Å²) in [5, 5.41) is 11.2. The van der Waals surface area contributed by atoms with Crippen LogP contribution in [0.2, 0.25) is 5.02 Å². The Morgan fingerprint density at radius 1 is 0.844 bits per heavy atom. The van der Waals surface area contributed by atoms with Gasteiger partial charge in [0.15, 0.2) is 0 Å². The second-order valence-electron chi connectivity index (χ2n) is 7.63. The first-order valence-electron chi connectivity index (χ1n) is 10.3. The number of halogens is 1. The third-order valence-corrected chi connectivity index (χ3v) is 5.38. The van der Waals surface area contributed by atoms with E-state index >= 15 is 0 Å². The number of aromatic nitrogens is 3. The molecule has 0 amide bonds. The molecule has 0 saturated carbocycles. The van der Waals surface area contributed by atoms with Crippen molar-refractivity contribution in [1.29, 1.82) is 0 Å². The van der Waals surface area contributed by atoms with Crippen LogP contribution in [0.15, 0.2) is 72.8 Å². The average molecular weight is 446 g/mol. The molecule has 1 aromatic heterocycles. The molecule has 4 aromatic rings. The van der Waals surface area contributed by atoms with Crippen molar-refractivity contribution < 1.29 is 4.79 Å². The molecule has 0 atom stereocenters. The van der Waals surface area contributed by atoms with E-state index in [1.165, 1.54) is 15.8 Å². The van der Waals surface area contributed by atoms with E-state index in [-0.39, 0.29) is 5.91 Å². The fourth-order valence-electron chi connectivity index (χ4n) is 3.17. The van der Waals surface area contributed by atoms with Crippen LogP contribution in [-0.2, 0) is 13.1 Å². The Balaban J connectivity index is 1.58. The quantitative estimate of drug-likeness (QED) is 0.395. The van der Waals surface area contributed by atoms with Gasteiger partial charge in [0.05, 0.1) is 10.6 Å². The number of anilines is 2. The molecule has 162 valence electrons. The van der Waals surface area contributed by atoms with Crippen LogP contribution in [0, 0.1) is 13.8 Å². The highest BCUT2D eigenvalue weighted by Gasteiger charge is 2.19. The minimum absolute atomic E-state index is 0.349. The molecule has 0 radical (unpaired) electrons. The summed E-state index contributed by atoms with van der Waals surface area (Å²) in [5.74, 6) is 0.358. The maximum atomic E-state index is 13.2. The lowest BCUT2D eigenvalue weighted by Crippen LogP contribution is -2.18. The summed E-state index contributed by atoms with van der Waals surface area (Å²) in [5.41, 5.74) is 4.92. The number of nitrogens with one attached hydrogen (secondary N) is 2. The molecule has 7 heteroatoms. The smallest absolute Gasteiger partial charge is 0.282 e. The molecule has 3 aromatic carbocycles. The van der Waals surface area contributed by atoms with E-state index < -0.39 is 0 Å². The molecule has 0 spiro atoms. The van der Waals surface area contributed by atoms with Crippen LogP contribution in [0.25, 0.3) is 0 Å². The largest absolute Gasteiger partial charge is 0.350 e. The van der Waals surface area contributed by atoms with Crippen molar-refractivity contribution in [2.24, 2.45) is 0 Å². The number of benzene rings is 3. The van der Waals surface area contributed by atoms with E-state index in [9.17, 15) is 4.79 Å². The Hall–Kier alpha value is -3.64. The number of nitrogens with zero attached hydrogens (tertiary/aromatic N) is 3. The van der Waals surface area contributed by atoms with Gasteiger partial charge in [0, 0.05) is 13.1 Å². The summed E-state index contributed by atoms with van der Waals surface area (Å²) in [6, 6.07) is 23.3. The number of carbonyl (C=O) groups is 1. The fraction of sp³-hybridized carbons (Fsp3) is 0.160. The zero-order valence-electron chi connectivity index (χ0n) is 18.0. The molecule has 0 saturated heterocycles. The van der Waals surface area contributed by atoms with Crippen molar-refractivity contribution in [3.05, 3.63) is 106 Å². The molecule has 0 fully saturated rings. The van der Waals surface area contributed by atoms with Crippen LogP contribution in [0.4, 0.5) is 11.9 Å². The number of carbonyl (C=O) groups excluding carboxylic acids is 1. The zero-order chi connectivity index (χ0) is 22.5. The highest BCUT2D eigenvalue weighted by molar-refractivity contribution is 6.33. The monoisotopic (exact) mass is 445 g/mol. The van der Waals surface area contributed by atoms with E-state index in [1.54, 1.807) is 24.3 Å². The van der Waals surface area contributed by atoms with E-state index in [4.69, 9.17) is 11.6 Å². The van der Waals surface area contributed by atoms with Crippen molar-refractivity contribution in [2.75, 3.05) is 10.6 Å². The highest BCUT2D eigenvalue weighted by atomic mass is 35.5. The molecule has 0 unspecified atom stereocenters. The Morgan fingerprint density at radius 3 is 2.00 bits per heavy atom. The van der Waals surface area contributed by atoms with Crippen molar-refractivity contribution >= 4 is 29.4 Å².